The summed E-state index contributed by atoms with van der Waals surface area (Å²) in [6, 6.07) is 29.7. The second-order valence-electron chi connectivity index (χ2n) is 7.22. The van der Waals surface area contributed by atoms with Crippen molar-refractivity contribution in [2.24, 2.45) is 0 Å². The molecule has 0 fully saturated rings. The first-order valence-electron chi connectivity index (χ1n) is 9.86. The molecule has 0 saturated heterocycles. The molecule has 31 heavy (non-hydrogen) atoms. The molecule has 0 bridgehead atoms. The third kappa shape index (κ3) is 5.34. The number of esters is 1. The van der Waals surface area contributed by atoms with Gasteiger partial charge in [-0.25, -0.2) is 4.79 Å². The Kier molecular flexibility index (Phi) is 9.61. The van der Waals surface area contributed by atoms with E-state index in [1.807, 2.05) is 91.0 Å². The van der Waals surface area contributed by atoms with Crippen LogP contribution in [0.2, 0.25) is 0 Å². The van der Waals surface area contributed by atoms with Crippen molar-refractivity contribution in [3.8, 4) is 0 Å². The number of alkyl halides is 1. The Morgan fingerprint density at radius 3 is 1.42 bits per heavy atom. The zero-order valence-corrected chi connectivity index (χ0v) is 21.5. The molecule has 0 radical (unpaired) electrons. The molecule has 0 aliphatic rings. The molecule has 0 aromatic heterocycles. The van der Waals surface area contributed by atoms with Crippen molar-refractivity contribution in [2.75, 3.05) is 5.33 Å². The van der Waals surface area contributed by atoms with Crippen LogP contribution >= 0.6 is 23.2 Å². The SMILES string of the molecule is CC(C)OC(=O)C(C(=O)CBr)[P+](c1ccccc1)(c1ccccc1)c1ccccc1.[Br-]. The molecular weight excluding hydrogens is 539 g/mol. The van der Waals surface area contributed by atoms with Gasteiger partial charge in [0, 0.05) is 0 Å². The highest BCUT2D eigenvalue weighted by Crippen LogP contribution is 2.60. The van der Waals surface area contributed by atoms with Crippen molar-refractivity contribution in [3.63, 3.8) is 0 Å². The first kappa shape index (κ1) is 25.5. The maximum Gasteiger partial charge on any atom is 0.356 e. The fraction of sp³-hybridized carbons (Fsp3) is 0.200. The molecule has 0 saturated carbocycles. The normalized spacial score (nSPS) is 12.0. The molecule has 3 nitrogen and oxygen atoms in total. The Morgan fingerprint density at radius 2 is 1.13 bits per heavy atom. The van der Waals surface area contributed by atoms with E-state index < -0.39 is 18.9 Å². The van der Waals surface area contributed by atoms with Crippen molar-refractivity contribution in [2.45, 2.75) is 25.6 Å². The largest absolute Gasteiger partial charge is 1.00 e. The van der Waals surface area contributed by atoms with Crippen LogP contribution in [0.5, 0.6) is 0 Å². The minimum atomic E-state index is -2.70. The van der Waals surface area contributed by atoms with Crippen LogP contribution in [-0.2, 0) is 14.3 Å². The minimum absolute atomic E-state index is 0. The van der Waals surface area contributed by atoms with Crippen LogP contribution in [0.4, 0.5) is 0 Å². The number of halogens is 2. The summed E-state index contributed by atoms with van der Waals surface area (Å²) in [5.74, 6) is -0.648. The number of hydrogen-bond donors (Lipinski definition) is 0. The van der Waals surface area contributed by atoms with Crippen molar-refractivity contribution in [1.29, 1.82) is 0 Å². The van der Waals surface area contributed by atoms with Gasteiger partial charge in [-0.15, -0.1) is 0 Å². The molecule has 1 unspecified atom stereocenters. The fourth-order valence-corrected chi connectivity index (χ4v) is 8.95. The van der Waals surface area contributed by atoms with Crippen LogP contribution in [0.3, 0.4) is 0 Å². The monoisotopic (exact) mass is 562 g/mol. The van der Waals surface area contributed by atoms with E-state index in [-0.39, 0.29) is 34.2 Å². The number of carbonyl (C=O) groups is 2. The fourth-order valence-electron chi connectivity index (χ4n) is 3.76. The topological polar surface area (TPSA) is 43.4 Å². The van der Waals surface area contributed by atoms with Gasteiger partial charge in [0.1, 0.15) is 23.2 Å². The van der Waals surface area contributed by atoms with E-state index in [0.717, 1.165) is 15.9 Å². The predicted octanol–water partition coefficient (Wildman–Crippen LogP) is 1.27. The Morgan fingerprint density at radius 1 is 0.774 bits per heavy atom. The Balaban J connectivity index is 0.00000341. The first-order valence-corrected chi connectivity index (χ1v) is 12.8. The van der Waals surface area contributed by atoms with E-state index in [1.54, 1.807) is 13.8 Å². The first-order chi connectivity index (χ1) is 14.5. The molecular formula is C25H25Br2O3P. The molecule has 3 aromatic carbocycles. The van der Waals surface area contributed by atoms with E-state index in [9.17, 15) is 9.59 Å². The van der Waals surface area contributed by atoms with Crippen molar-refractivity contribution in [1.82, 2.24) is 0 Å². The molecule has 1 atom stereocenters. The molecule has 0 heterocycles. The number of Topliss-reactive ketones (excluding diaryl/α,β-unsaturated/α-hetero) is 1. The van der Waals surface area contributed by atoms with Crippen LogP contribution < -0.4 is 32.9 Å². The average molecular weight is 564 g/mol. The summed E-state index contributed by atoms with van der Waals surface area (Å²) < 4.78 is 5.65. The number of ether oxygens (including phenoxy) is 1. The maximum atomic E-state index is 13.5. The highest BCUT2D eigenvalue weighted by atomic mass is 79.9. The maximum absolute atomic E-state index is 13.5. The lowest BCUT2D eigenvalue weighted by Crippen LogP contribution is -3.00. The highest BCUT2D eigenvalue weighted by molar-refractivity contribution is 9.09. The summed E-state index contributed by atoms with van der Waals surface area (Å²) in [4.78, 5) is 26.9. The standard InChI is InChI=1S/C25H25BrO3P.BrH/c1-19(2)29-25(28)24(23(27)18-26)30(20-12-6-3-7-13-20,21-14-8-4-9-15-21)22-16-10-5-11-17-22;/h3-17,19,24H,18H2,1-2H3;1H/q+1;/p-1. The van der Waals surface area contributed by atoms with E-state index in [2.05, 4.69) is 15.9 Å². The van der Waals surface area contributed by atoms with E-state index >= 15 is 0 Å². The van der Waals surface area contributed by atoms with Crippen LogP contribution in [0.15, 0.2) is 91.0 Å². The summed E-state index contributed by atoms with van der Waals surface area (Å²) in [7, 11) is -2.70. The molecule has 6 heteroatoms. The second kappa shape index (κ2) is 11.7. The average Bonchev–Trinajstić information content (AvgIpc) is 2.78. The van der Waals surface area contributed by atoms with Gasteiger partial charge in [-0.1, -0.05) is 70.5 Å². The lowest BCUT2D eigenvalue weighted by atomic mass is 10.3. The highest BCUT2D eigenvalue weighted by Gasteiger charge is 2.59. The molecule has 0 aliphatic heterocycles. The summed E-state index contributed by atoms with van der Waals surface area (Å²) in [6.45, 7) is 3.61. The van der Waals surface area contributed by atoms with Gasteiger partial charge in [-0.2, -0.15) is 0 Å². The van der Waals surface area contributed by atoms with E-state index in [1.165, 1.54) is 0 Å². The molecule has 0 N–H and O–H groups in total. The van der Waals surface area contributed by atoms with Gasteiger partial charge < -0.3 is 21.7 Å². The summed E-state index contributed by atoms with van der Waals surface area (Å²) in [5, 5.41) is 3.01. The van der Waals surface area contributed by atoms with Gasteiger partial charge >= 0.3 is 5.97 Å². The van der Waals surface area contributed by atoms with Crippen LogP contribution in [0, 0.1) is 0 Å². The Labute approximate surface area is 203 Å². The van der Waals surface area contributed by atoms with Crippen LogP contribution in [-0.4, -0.2) is 28.8 Å². The molecule has 162 valence electrons. The molecule has 3 aromatic rings. The molecule has 0 spiro atoms. The van der Waals surface area contributed by atoms with Crippen LogP contribution in [0.25, 0.3) is 0 Å². The van der Waals surface area contributed by atoms with Gasteiger partial charge in [-0.3, -0.25) is 4.79 Å². The summed E-state index contributed by atoms with van der Waals surface area (Å²) in [6.07, 6.45) is -0.313. The van der Waals surface area contributed by atoms with Crippen LogP contribution in [0.1, 0.15) is 13.8 Å². The third-order valence-corrected chi connectivity index (χ3v) is 10.1. The lowest BCUT2D eigenvalue weighted by Gasteiger charge is -2.32. The van der Waals surface area contributed by atoms with Crippen molar-refractivity contribution < 1.29 is 31.3 Å². The molecule has 0 amide bonds. The lowest BCUT2D eigenvalue weighted by molar-refractivity contribution is -0.148. The minimum Gasteiger partial charge on any atom is -1.00 e. The summed E-state index contributed by atoms with van der Waals surface area (Å²) in [5.41, 5.74) is -0.938. The Bertz CT molecular complexity index is 883. The van der Waals surface area contributed by atoms with E-state index in [4.69, 9.17) is 4.74 Å². The zero-order valence-electron chi connectivity index (χ0n) is 17.4. The molecule has 3 rings (SSSR count). The number of benzene rings is 3. The van der Waals surface area contributed by atoms with Crippen molar-refractivity contribution >= 4 is 50.9 Å². The van der Waals surface area contributed by atoms with Gasteiger partial charge in [0.25, 0.3) is 0 Å². The third-order valence-electron chi connectivity index (χ3n) is 4.89. The van der Waals surface area contributed by atoms with Gasteiger partial charge in [0.15, 0.2) is 5.78 Å². The summed E-state index contributed by atoms with van der Waals surface area (Å²) >= 11 is 3.32. The number of carbonyl (C=O) groups excluding carboxylic acids is 2. The zero-order chi connectivity index (χ0) is 21.6. The predicted molar refractivity (Wildman–Crippen MR) is 129 cm³/mol. The number of ketones is 1. The molecule has 0 aliphatic carbocycles. The van der Waals surface area contributed by atoms with Crippen molar-refractivity contribution in [3.05, 3.63) is 91.0 Å². The van der Waals surface area contributed by atoms with E-state index in [0.29, 0.717) is 0 Å². The van der Waals surface area contributed by atoms with Gasteiger partial charge in [-0.05, 0) is 50.2 Å². The number of hydrogen-bond acceptors (Lipinski definition) is 3. The van der Waals surface area contributed by atoms with Gasteiger partial charge in [0.05, 0.1) is 11.4 Å². The smallest absolute Gasteiger partial charge is 0.356 e. The Hall–Kier alpha value is -1.81. The second-order valence-corrected chi connectivity index (χ2v) is 11.3. The van der Waals surface area contributed by atoms with Gasteiger partial charge in [0.2, 0.25) is 5.66 Å². The number of rotatable bonds is 8. The quantitative estimate of drug-likeness (QED) is 0.179.